The van der Waals surface area contributed by atoms with Gasteiger partial charge in [0, 0.05) is 31.7 Å². The lowest BCUT2D eigenvalue weighted by atomic mass is 9.99. The summed E-state index contributed by atoms with van der Waals surface area (Å²) in [6, 6.07) is 15.4. The van der Waals surface area contributed by atoms with Gasteiger partial charge in [0.05, 0.1) is 11.9 Å². The molecule has 1 aliphatic rings. The van der Waals surface area contributed by atoms with Crippen LogP contribution in [0.5, 0.6) is 0 Å². The molecule has 2 aromatic carbocycles. The zero-order valence-electron chi connectivity index (χ0n) is 22.7. The molecule has 0 aromatic heterocycles. The molecule has 210 valence electrons. The fraction of sp³-hybridized carbons (Fsp3) is 0.448. The summed E-state index contributed by atoms with van der Waals surface area (Å²) in [5.74, 6) is -1.11. The molecule has 4 amide bonds. The second-order valence-corrected chi connectivity index (χ2v) is 11.1. The maximum Gasteiger partial charge on any atom is 0.254 e. The van der Waals surface area contributed by atoms with Crippen LogP contribution in [0.25, 0.3) is 0 Å². The quantitative estimate of drug-likeness (QED) is 0.297. The van der Waals surface area contributed by atoms with Crippen LogP contribution in [0, 0.1) is 6.92 Å². The number of carbonyl (C=O) groups is 4. The highest BCUT2D eigenvalue weighted by atomic mass is 32.2. The predicted molar refractivity (Wildman–Crippen MR) is 152 cm³/mol. The second-order valence-electron chi connectivity index (χ2n) is 9.79. The monoisotopic (exact) mass is 554 g/mol. The third kappa shape index (κ3) is 8.83. The molecular weight excluding hydrogens is 516 g/mol. The summed E-state index contributed by atoms with van der Waals surface area (Å²) in [5, 5.41) is 19.5. The topological polar surface area (TPSA) is 128 Å². The van der Waals surface area contributed by atoms with Crippen LogP contribution in [0.15, 0.2) is 54.6 Å². The molecule has 1 fully saturated rings. The average molecular weight is 555 g/mol. The Morgan fingerprint density at radius 3 is 2.44 bits per heavy atom. The van der Waals surface area contributed by atoms with Gasteiger partial charge >= 0.3 is 0 Å². The first-order chi connectivity index (χ1) is 18.7. The van der Waals surface area contributed by atoms with Gasteiger partial charge < -0.3 is 26.0 Å². The molecule has 0 bridgehead atoms. The highest BCUT2D eigenvalue weighted by Gasteiger charge is 2.43. The molecular formula is C29H38N4O5S. The van der Waals surface area contributed by atoms with E-state index in [0.29, 0.717) is 19.5 Å². The summed E-state index contributed by atoms with van der Waals surface area (Å²) in [4.78, 5) is 51.9. The molecule has 39 heavy (non-hydrogen) atoms. The first kappa shape index (κ1) is 30.2. The van der Waals surface area contributed by atoms with Gasteiger partial charge in [-0.3, -0.25) is 19.2 Å². The molecule has 0 spiro atoms. The van der Waals surface area contributed by atoms with Gasteiger partial charge in [-0.25, -0.2) is 0 Å². The summed E-state index contributed by atoms with van der Waals surface area (Å²) in [7, 11) is 0. The molecule has 0 radical (unpaired) electrons. The Kier molecular flexibility index (Phi) is 11.4. The lowest BCUT2D eigenvalue weighted by molar-refractivity contribution is -0.147. The van der Waals surface area contributed by atoms with Crippen molar-refractivity contribution in [3.63, 3.8) is 0 Å². The predicted octanol–water partition coefficient (Wildman–Crippen LogP) is 1.91. The van der Waals surface area contributed by atoms with Gasteiger partial charge in [-0.15, -0.1) is 11.8 Å². The van der Waals surface area contributed by atoms with Crippen LogP contribution in [0.2, 0.25) is 0 Å². The van der Waals surface area contributed by atoms with Gasteiger partial charge in [0.25, 0.3) is 5.91 Å². The van der Waals surface area contributed by atoms with E-state index in [2.05, 4.69) is 16.0 Å². The van der Waals surface area contributed by atoms with E-state index in [9.17, 15) is 24.3 Å². The zero-order chi connectivity index (χ0) is 28.4. The van der Waals surface area contributed by atoms with Crippen LogP contribution in [0.4, 0.5) is 0 Å². The summed E-state index contributed by atoms with van der Waals surface area (Å²) < 4.78 is 0. The fourth-order valence-corrected chi connectivity index (χ4v) is 5.65. The summed E-state index contributed by atoms with van der Waals surface area (Å²) in [5.41, 5.74) is 2.90. The number of aliphatic hydroxyl groups excluding tert-OH is 1. The minimum Gasteiger partial charge on any atom is -0.381 e. The summed E-state index contributed by atoms with van der Waals surface area (Å²) in [6.07, 6.45) is -0.738. The molecule has 1 aliphatic heterocycles. The molecule has 4 N–H and O–H groups in total. The van der Waals surface area contributed by atoms with Crippen molar-refractivity contribution in [3.05, 3.63) is 71.3 Å². The van der Waals surface area contributed by atoms with E-state index in [4.69, 9.17) is 0 Å². The van der Waals surface area contributed by atoms with Gasteiger partial charge in [-0.1, -0.05) is 61.5 Å². The minimum absolute atomic E-state index is 0.132. The molecule has 1 unspecified atom stereocenters. The lowest BCUT2D eigenvalue weighted by Gasteiger charge is -2.30. The van der Waals surface area contributed by atoms with Crippen molar-refractivity contribution in [1.29, 1.82) is 0 Å². The van der Waals surface area contributed by atoms with Crippen LogP contribution in [-0.4, -0.2) is 69.5 Å². The van der Waals surface area contributed by atoms with Crippen LogP contribution in [-0.2, 0) is 32.1 Å². The number of aliphatic hydroxyl groups is 1. The van der Waals surface area contributed by atoms with Gasteiger partial charge in [-0.2, -0.15) is 0 Å². The molecule has 3 rings (SSSR count). The van der Waals surface area contributed by atoms with Crippen molar-refractivity contribution in [2.45, 2.75) is 70.0 Å². The van der Waals surface area contributed by atoms with E-state index in [-0.39, 0.29) is 41.7 Å². The Morgan fingerprint density at radius 2 is 1.74 bits per heavy atom. The fourth-order valence-electron chi connectivity index (χ4n) is 4.52. The van der Waals surface area contributed by atoms with E-state index in [0.717, 1.165) is 16.7 Å². The Labute approximate surface area is 234 Å². The van der Waals surface area contributed by atoms with Gasteiger partial charge in [0.2, 0.25) is 17.7 Å². The van der Waals surface area contributed by atoms with E-state index in [1.807, 2.05) is 68.4 Å². The maximum absolute atomic E-state index is 13.6. The van der Waals surface area contributed by atoms with E-state index >= 15 is 0 Å². The van der Waals surface area contributed by atoms with Crippen LogP contribution in [0.1, 0.15) is 43.4 Å². The number of aryl methyl sites for hydroxylation is 1. The number of hydrogen-bond donors (Lipinski definition) is 4. The number of amides is 4. The Morgan fingerprint density at radius 1 is 1.05 bits per heavy atom. The largest absolute Gasteiger partial charge is 0.381 e. The molecule has 1 heterocycles. The van der Waals surface area contributed by atoms with Crippen molar-refractivity contribution in [3.8, 4) is 0 Å². The Balaban J connectivity index is 1.69. The van der Waals surface area contributed by atoms with E-state index < -0.39 is 24.1 Å². The van der Waals surface area contributed by atoms with Gasteiger partial charge in [-0.05, 0) is 36.5 Å². The molecule has 10 heteroatoms. The summed E-state index contributed by atoms with van der Waals surface area (Å²) in [6.45, 7) is 5.97. The number of thioether (sulfide) groups is 1. The number of benzene rings is 2. The molecule has 1 saturated heterocycles. The average Bonchev–Trinajstić information content (AvgIpc) is 3.31. The minimum atomic E-state index is -1.54. The number of carbonyl (C=O) groups excluding carboxylic acids is 4. The van der Waals surface area contributed by atoms with Crippen molar-refractivity contribution >= 4 is 35.4 Å². The molecule has 0 aliphatic carbocycles. The Hall–Kier alpha value is -3.37. The molecule has 4 atom stereocenters. The third-order valence-corrected chi connectivity index (χ3v) is 7.97. The van der Waals surface area contributed by atoms with Crippen LogP contribution in [0.3, 0.4) is 0 Å². The van der Waals surface area contributed by atoms with Crippen molar-refractivity contribution in [2.24, 2.45) is 0 Å². The standard InChI is InChI=1S/C29H38N4O5S/c1-19-10-7-8-13-23(19)17-31-28(37)26-20(2)39-18-33(26)29(38)27(36)24(16-22-11-5-4-6-12-22)32-25(35)14-9-15-30-21(3)34/h4-8,10-13,20,24,26-27,36H,9,14-18H2,1-3H3,(H,30,34)(H,31,37)(H,32,35)/t20?,24-,26-,27-/m0/s1. The van der Waals surface area contributed by atoms with Gasteiger partial charge in [0.15, 0.2) is 6.10 Å². The molecule has 0 saturated carbocycles. The maximum atomic E-state index is 13.6. The number of rotatable bonds is 12. The third-order valence-electron chi connectivity index (χ3n) is 6.76. The Bertz CT molecular complexity index is 1150. The van der Waals surface area contributed by atoms with Crippen LogP contribution >= 0.6 is 11.8 Å². The van der Waals surface area contributed by atoms with Gasteiger partial charge in [0.1, 0.15) is 6.04 Å². The second kappa shape index (κ2) is 14.7. The number of nitrogens with zero attached hydrogens (tertiary/aromatic N) is 1. The summed E-state index contributed by atoms with van der Waals surface area (Å²) >= 11 is 1.47. The lowest BCUT2D eigenvalue weighted by Crippen LogP contribution is -2.57. The van der Waals surface area contributed by atoms with Crippen molar-refractivity contribution < 1.29 is 24.3 Å². The highest BCUT2D eigenvalue weighted by molar-refractivity contribution is 8.00. The zero-order valence-corrected chi connectivity index (χ0v) is 23.5. The smallest absolute Gasteiger partial charge is 0.254 e. The first-order valence-corrected chi connectivity index (χ1v) is 14.2. The van der Waals surface area contributed by atoms with Crippen molar-refractivity contribution in [2.75, 3.05) is 12.4 Å². The van der Waals surface area contributed by atoms with E-state index in [1.165, 1.54) is 23.6 Å². The van der Waals surface area contributed by atoms with Crippen LogP contribution < -0.4 is 16.0 Å². The highest BCUT2D eigenvalue weighted by Crippen LogP contribution is 2.30. The SMILES string of the molecule is CC(=O)NCCCC(=O)N[C@@H](Cc1ccccc1)[C@H](O)C(=O)N1CSC(C)[C@H]1C(=O)NCc1ccccc1C. The van der Waals surface area contributed by atoms with E-state index in [1.54, 1.807) is 0 Å². The number of nitrogens with one attached hydrogen (secondary N) is 3. The normalized spacial score (nSPS) is 18.2. The molecule has 9 nitrogen and oxygen atoms in total. The molecule has 2 aromatic rings. The number of hydrogen-bond acceptors (Lipinski definition) is 6. The van der Waals surface area contributed by atoms with Crippen molar-refractivity contribution in [1.82, 2.24) is 20.9 Å². The first-order valence-electron chi connectivity index (χ1n) is 13.2.